The summed E-state index contributed by atoms with van der Waals surface area (Å²) in [6.07, 6.45) is 3.54. The average Bonchev–Trinajstić information content (AvgIpc) is 2.94. The van der Waals surface area contributed by atoms with Gasteiger partial charge in [-0.2, -0.15) is 0 Å². The van der Waals surface area contributed by atoms with Crippen molar-refractivity contribution >= 4 is 6.09 Å². The van der Waals surface area contributed by atoms with E-state index in [1.54, 1.807) is 18.1 Å². The van der Waals surface area contributed by atoms with E-state index >= 15 is 0 Å². The monoisotopic (exact) mass is 367 g/mol. The Morgan fingerprint density at radius 1 is 1.22 bits per heavy atom. The quantitative estimate of drug-likeness (QED) is 0.813. The first kappa shape index (κ1) is 17.8. The fourth-order valence-corrected chi connectivity index (χ4v) is 3.96. The molecule has 142 valence electrons. The van der Waals surface area contributed by atoms with E-state index in [2.05, 4.69) is 22.0 Å². The Hall–Kier alpha value is -2.60. The Morgan fingerprint density at radius 2 is 2.15 bits per heavy atom. The number of rotatable bonds is 5. The summed E-state index contributed by atoms with van der Waals surface area (Å²) in [6, 6.07) is 14.0. The minimum atomic E-state index is -0.350. The second-order valence-electron chi connectivity index (χ2n) is 7.48. The van der Waals surface area contributed by atoms with Crippen molar-refractivity contribution in [3.63, 3.8) is 0 Å². The highest BCUT2D eigenvalue weighted by atomic mass is 16.6. The summed E-state index contributed by atoms with van der Waals surface area (Å²) in [7, 11) is 1.80. The lowest BCUT2D eigenvalue weighted by Crippen LogP contribution is -2.50. The van der Waals surface area contributed by atoms with Crippen LogP contribution in [0.25, 0.3) is 0 Å². The van der Waals surface area contributed by atoms with Crippen LogP contribution in [-0.4, -0.2) is 53.2 Å². The highest BCUT2D eigenvalue weighted by Crippen LogP contribution is 2.32. The van der Waals surface area contributed by atoms with Gasteiger partial charge in [0, 0.05) is 26.3 Å². The van der Waals surface area contributed by atoms with Gasteiger partial charge in [0.25, 0.3) is 0 Å². The molecule has 0 N–H and O–H groups in total. The van der Waals surface area contributed by atoms with Gasteiger partial charge in [-0.3, -0.25) is 9.88 Å². The minimum absolute atomic E-state index is 0.207. The predicted molar refractivity (Wildman–Crippen MR) is 101 cm³/mol. The van der Waals surface area contributed by atoms with Gasteiger partial charge in [-0.25, -0.2) is 4.79 Å². The molecule has 3 heterocycles. The van der Waals surface area contributed by atoms with Gasteiger partial charge in [-0.15, -0.1) is 0 Å². The van der Waals surface area contributed by atoms with Gasteiger partial charge in [0.1, 0.15) is 18.0 Å². The van der Waals surface area contributed by atoms with Crippen molar-refractivity contribution in [3.8, 4) is 5.75 Å². The Bertz CT molecular complexity index is 798. The number of aromatic nitrogens is 1. The van der Waals surface area contributed by atoms with Gasteiger partial charge in [-0.1, -0.05) is 18.2 Å². The number of amides is 1. The van der Waals surface area contributed by atoms with Crippen LogP contribution in [0.1, 0.15) is 24.1 Å². The van der Waals surface area contributed by atoms with Crippen LogP contribution in [0.4, 0.5) is 4.79 Å². The van der Waals surface area contributed by atoms with Crippen LogP contribution < -0.4 is 4.74 Å². The van der Waals surface area contributed by atoms with E-state index in [4.69, 9.17) is 9.47 Å². The van der Waals surface area contributed by atoms with Gasteiger partial charge < -0.3 is 14.4 Å². The predicted octanol–water partition coefficient (Wildman–Crippen LogP) is 3.08. The first-order chi connectivity index (χ1) is 13.1. The van der Waals surface area contributed by atoms with Gasteiger partial charge in [0.15, 0.2) is 0 Å². The molecule has 2 saturated heterocycles. The highest BCUT2D eigenvalue weighted by Gasteiger charge is 2.46. The van der Waals surface area contributed by atoms with Crippen molar-refractivity contribution in [2.45, 2.75) is 31.6 Å². The number of likely N-dealkylation sites (N-methyl/N-ethyl adjacent to an activating group) is 1. The molecule has 2 aromatic rings. The standard InChI is InChI=1S/C21H25N3O3/c1-23-15-21(27-20(23)25)9-5-11-24(16-21)13-17-6-4-8-19(12-17)26-14-18-7-2-3-10-22-18/h2-4,6-8,10,12H,5,9,11,13-16H2,1H3. The lowest BCUT2D eigenvalue weighted by molar-refractivity contribution is -0.0113. The smallest absolute Gasteiger partial charge is 0.410 e. The summed E-state index contributed by atoms with van der Waals surface area (Å²) in [5.74, 6) is 0.844. The second-order valence-corrected chi connectivity index (χ2v) is 7.48. The van der Waals surface area contributed by atoms with Crippen LogP contribution in [0.5, 0.6) is 5.75 Å². The molecule has 4 rings (SSSR count). The summed E-state index contributed by atoms with van der Waals surface area (Å²) in [6.45, 7) is 3.75. The van der Waals surface area contributed by atoms with E-state index in [9.17, 15) is 4.79 Å². The van der Waals surface area contributed by atoms with Gasteiger partial charge in [-0.05, 0) is 49.2 Å². The zero-order chi connectivity index (χ0) is 18.7. The first-order valence-electron chi connectivity index (χ1n) is 9.40. The maximum Gasteiger partial charge on any atom is 0.410 e. The van der Waals surface area contributed by atoms with E-state index in [0.717, 1.165) is 43.9 Å². The zero-order valence-electron chi connectivity index (χ0n) is 15.6. The van der Waals surface area contributed by atoms with Crippen LogP contribution in [0.2, 0.25) is 0 Å². The van der Waals surface area contributed by atoms with E-state index < -0.39 is 0 Å². The normalized spacial score (nSPS) is 22.9. The van der Waals surface area contributed by atoms with Gasteiger partial charge in [0.05, 0.1) is 12.2 Å². The molecule has 1 aromatic heterocycles. The maximum absolute atomic E-state index is 11.8. The third-order valence-corrected chi connectivity index (χ3v) is 5.18. The van der Waals surface area contributed by atoms with Crippen LogP contribution >= 0.6 is 0 Å². The minimum Gasteiger partial charge on any atom is -0.487 e. The van der Waals surface area contributed by atoms with Crippen molar-refractivity contribution in [1.82, 2.24) is 14.8 Å². The molecular weight excluding hydrogens is 342 g/mol. The summed E-state index contributed by atoms with van der Waals surface area (Å²) >= 11 is 0. The molecule has 6 heteroatoms. The molecule has 1 aromatic carbocycles. The molecular formula is C21H25N3O3. The number of hydrogen-bond donors (Lipinski definition) is 0. The molecule has 0 bridgehead atoms. The SMILES string of the molecule is CN1CC2(CCCN(Cc3cccc(OCc4ccccn4)c3)C2)OC1=O. The van der Waals surface area contributed by atoms with Crippen molar-refractivity contribution in [2.24, 2.45) is 0 Å². The lowest BCUT2D eigenvalue weighted by atomic mass is 9.92. The Labute approximate surface area is 159 Å². The van der Waals surface area contributed by atoms with Crippen molar-refractivity contribution in [2.75, 3.05) is 26.7 Å². The largest absolute Gasteiger partial charge is 0.487 e. The molecule has 1 amide bonds. The molecule has 2 fully saturated rings. The number of benzene rings is 1. The lowest BCUT2D eigenvalue weighted by Gasteiger charge is -2.38. The first-order valence-corrected chi connectivity index (χ1v) is 9.40. The molecule has 1 unspecified atom stereocenters. The average molecular weight is 367 g/mol. The Balaban J connectivity index is 1.37. The Kier molecular flexibility index (Phi) is 4.99. The molecule has 0 saturated carbocycles. The van der Waals surface area contributed by atoms with E-state index in [1.807, 2.05) is 30.3 Å². The Morgan fingerprint density at radius 3 is 2.93 bits per heavy atom. The van der Waals surface area contributed by atoms with Crippen molar-refractivity contribution < 1.29 is 14.3 Å². The van der Waals surface area contributed by atoms with Crippen LogP contribution in [0, 0.1) is 0 Å². The van der Waals surface area contributed by atoms with E-state index in [1.165, 1.54) is 5.56 Å². The van der Waals surface area contributed by atoms with Crippen LogP contribution in [0.3, 0.4) is 0 Å². The van der Waals surface area contributed by atoms with Crippen molar-refractivity contribution in [1.29, 1.82) is 0 Å². The number of ether oxygens (including phenoxy) is 2. The van der Waals surface area contributed by atoms with Crippen molar-refractivity contribution in [3.05, 3.63) is 59.9 Å². The number of likely N-dealkylation sites (tertiary alicyclic amines) is 1. The highest BCUT2D eigenvalue weighted by molar-refractivity contribution is 5.70. The number of hydrogen-bond acceptors (Lipinski definition) is 5. The van der Waals surface area contributed by atoms with Crippen LogP contribution in [0.15, 0.2) is 48.7 Å². The number of carbonyl (C=O) groups excluding carboxylic acids is 1. The molecule has 6 nitrogen and oxygen atoms in total. The number of piperidine rings is 1. The molecule has 1 atom stereocenters. The van der Waals surface area contributed by atoms with E-state index in [0.29, 0.717) is 13.2 Å². The molecule has 27 heavy (non-hydrogen) atoms. The van der Waals surface area contributed by atoms with Crippen LogP contribution in [-0.2, 0) is 17.9 Å². The third-order valence-electron chi connectivity index (χ3n) is 5.18. The molecule has 2 aliphatic rings. The molecule has 2 aliphatic heterocycles. The van der Waals surface area contributed by atoms with E-state index in [-0.39, 0.29) is 11.7 Å². The third kappa shape index (κ3) is 4.22. The number of nitrogens with zero attached hydrogens (tertiary/aromatic N) is 3. The summed E-state index contributed by atoms with van der Waals surface area (Å²) < 4.78 is 11.6. The second kappa shape index (κ2) is 7.56. The van der Waals surface area contributed by atoms with Gasteiger partial charge in [0.2, 0.25) is 0 Å². The number of carbonyl (C=O) groups is 1. The topological polar surface area (TPSA) is 54.9 Å². The fourth-order valence-electron chi connectivity index (χ4n) is 3.96. The molecule has 0 radical (unpaired) electrons. The van der Waals surface area contributed by atoms with Gasteiger partial charge >= 0.3 is 6.09 Å². The summed E-state index contributed by atoms with van der Waals surface area (Å²) in [4.78, 5) is 20.1. The summed E-state index contributed by atoms with van der Waals surface area (Å²) in [5.41, 5.74) is 1.76. The molecule has 1 spiro atoms. The molecule has 0 aliphatic carbocycles. The fraction of sp³-hybridized carbons (Fsp3) is 0.429. The summed E-state index contributed by atoms with van der Waals surface area (Å²) in [5, 5.41) is 0. The zero-order valence-corrected chi connectivity index (χ0v) is 15.6. The number of pyridine rings is 1. The maximum atomic E-state index is 11.8.